The van der Waals surface area contributed by atoms with Crippen molar-refractivity contribution in [1.82, 2.24) is 0 Å². The minimum absolute atomic E-state index is 0.465. The van der Waals surface area contributed by atoms with Crippen molar-refractivity contribution in [3.8, 4) is 0 Å². The molecule has 0 bridgehead atoms. The average Bonchev–Trinajstić information content (AvgIpc) is 2.56. The molecular formula is C21H27BrFN. The van der Waals surface area contributed by atoms with E-state index in [1.54, 1.807) is 6.92 Å². The highest BCUT2D eigenvalue weighted by Gasteiger charge is 2.07. The summed E-state index contributed by atoms with van der Waals surface area (Å²) in [6, 6.07) is 14.3. The maximum absolute atomic E-state index is 13.2. The second kappa shape index (κ2) is 11.2. The largest absolute Gasteiger partial charge is 0.327 e. The summed E-state index contributed by atoms with van der Waals surface area (Å²) in [7, 11) is 0. The van der Waals surface area contributed by atoms with Crippen molar-refractivity contribution in [2.45, 2.75) is 39.8 Å². The Morgan fingerprint density at radius 1 is 1.12 bits per heavy atom. The van der Waals surface area contributed by atoms with Crippen LogP contribution >= 0.6 is 15.9 Å². The fraction of sp³-hybridized carbons (Fsp3) is 0.333. The first-order valence-electron chi connectivity index (χ1n) is 8.46. The molecule has 0 amide bonds. The van der Waals surface area contributed by atoms with Gasteiger partial charge in [-0.25, -0.2) is 4.39 Å². The molecule has 0 aromatic heterocycles. The smallest absolute Gasteiger partial charge is 0.101 e. The van der Waals surface area contributed by atoms with Gasteiger partial charge in [-0.2, -0.15) is 0 Å². The van der Waals surface area contributed by atoms with E-state index in [9.17, 15) is 4.39 Å². The van der Waals surface area contributed by atoms with Gasteiger partial charge in [0.2, 0.25) is 0 Å². The lowest BCUT2D eigenvalue weighted by atomic mass is 9.97. The highest BCUT2D eigenvalue weighted by atomic mass is 79.9. The van der Waals surface area contributed by atoms with E-state index in [0.717, 1.165) is 22.0 Å². The first-order valence-corrected chi connectivity index (χ1v) is 9.25. The number of rotatable bonds is 6. The molecule has 1 unspecified atom stereocenters. The molecule has 3 heteroatoms. The predicted molar refractivity (Wildman–Crippen MR) is 107 cm³/mol. The molecule has 2 N–H and O–H groups in total. The van der Waals surface area contributed by atoms with Gasteiger partial charge in [0.1, 0.15) is 6.17 Å². The average molecular weight is 392 g/mol. The Morgan fingerprint density at radius 2 is 1.79 bits per heavy atom. The van der Waals surface area contributed by atoms with E-state index < -0.39 is 6.17 Å². The van der Waals surface area contributed by atoms with Crippen molar-refractivity contribution >= 4 is 22.0 Å². The van der Waals surface area contributed by atoms with Gasteiger partial charge in [0.15, 0.2) is 0 Å². The Morgan fingerprint density at radius 3 is 2.46 bits per heavy atom. The van der Waals surface area contributed by atoms with Gasteiger partial charge >= 0.3 is 0 Å². The van der Waals surface area contributed by atoms with Gasteiger partial charge in [-0.15, -0.1) is 0 Å². The predicted octanol–water partition coefficient (Wildman–Crippen LogP) is 5.94. The van der Waals surface area contributed by atoms with E-state index in [-0.39, 0.29) is 0 Å². The molecule has 0 radical (unpaired) electrons. The minimum Gasteiger partial charge on any atom is -0.327 e. The summed E-state index contributed by atoms with van der Waals surface area (Å²) < 4.78 is 14.2. The monoisotopic (exact) mass is 391 g/mol. The minimum atomic E-state index is -0.816. The normalized spacial score (nSPS) is 11.9. The number of benzene rings is 2. The second-order valence-electron chi connectivity index (χ2n) is 5.43. The Hall–Kier alpha value is -1.45. The van der Waals surface area contributed by atoms with E-state index in [2.05, 4.69) is 34.1 Å². The zero-order chi connectivity index (χ0) is 17.9. The summed E-state index contributed by atoms with van der Waals surface area (Å²) in [6.45, 7) is 6.11. The van der Waals surface area contributed by atoms with Gasteiger partial charge < -0.3 is 5.73 Å². The number of hydrogen-bond donors (Lipinski definition) is 1. The van der Waals surface area contributed by atoms with Crippen molar-refractivity contribution < 1.29 is 4.39 Å². The quantitative estimate of drug-likeness (QED) is 0.647. The van der Waals surface area contributed by atoms with Crippen LogP contribution in [-0.2, 0) is 12.8 Å². The molecule has 0 saturated carbocycles. The summed E-state index contributed by atoms with van der Waals surface area (Å²) >= 11 is 3.60. The summed E-state index contributed by atoms with van der Waals surface area (Å²) in [4.78, 5) is 0. The first-order chi connectivity index (χ1) is 11.6. The van der Waals surface area contributed by atoms with Crippen LogP contribution in [0.25, 0.3) is 6.08 Å². The van der Waals surface area contributed by atoms with Crippen LogP contribution in [0.1, 0.15) is 43.0 Å². The molecule has 2 aromatic rings. The van der Waals surface area contributed by atoms with Crippen molar-refractivity contribution in [2.75, 3.05) is 6.54 Å². The lowest BCUT2D eigenvalue weighted by Crippen LogP contribution is -2.00. The van der Waals surface area contributed by atoms with Crippen LogP contribution in [0.2, 0.25) is 0 Å². The van der Waals surface area contributed by atoms with Crippen LogP contribution in [0.4, 0.5) is 4.39 Å². The van der Waals surface area contributed by atoms with Gasteiger partial charge in [-0.3, -0.25) is 0 Å². The zero-order valence-electron chi connectivity index (χ0n) is 14.7. The standard InChI is InChI=1S/C19H21BrFN.C2H6/c1-14(21)11-15-5-2-6-16(12-15)13-17-7-3-9-19(20)18(17)8-4-10-22;1-2/h2-9,12,14H,10-11,13,22H2,1H3;1-2H3/b8-4-;. The van der Waals surface area contributed by atoms with Crippen molar-refractivity contribution in [3.05, 3.63) is 75.3 Å². The third-order valence-corrected chi connectivity index (χ3v) is 4.16. The Balaban J connectivity index is 0.00000139. The van der Waals surface area contributed by atoms with E-state index in [4.69, 9.17) is 5.73 Å². The van der Waals surface area contributed by atoms with E-state index in [1.165, 1.54) is 11.1 Å². The van der Waals surface area contributed by atoms with Crippen LogP contribution in [-0.4, -0.2) is 12.7 Å². The van der Waals surface area contributed by atoms with Crippen LogP contribution < -0.4 is 5.73 Å². The number of halogens is 2. The molecular weight excluding hydrogens is 365 g/mol. The molecule has 2 aromatic carbocycles. The van der Waals surface area contributed by atoms with Crippen molar-refractivity contribution in [1.29, 1.82) is 0 Å². The van der Waals surface area contributed by atoms with Crippen LogP contribution in [0.15, 0.2) is 53.0 Å². The van der Waals surface area contributed by atoms with Crippen molar-refractivity contribution in [3.63, 3.8) is 0 Å². The van der Waals surface area contributed by atoms with Crippen LogP contribution in [0.3, 0.4) is 0 Å². The Bertz CT molecular complexity index is 650. The third kappa shape index (κ3) is 6.58. The topological polar surface area (TPSA) is 26.0 Å². The zero-order valence-corrected chi connectivity index (χ0v) is 16.3. The molecule has 1 nitrogen and oxygen atoms in total. The molecule has 0 spiro atoms. The number of hydrogen-bond acceptors (Lipinski definition) is 1. The number of alkyl halides is 1. The van der Waals surface area contributed by atoms with Gasteiger partial charge in [-0.1, -0.05) is 78.3 Å². The lowest BCUT2D eigenvalue weighted by molar-refractivity contribution is 0.360. The number of nitrogens with two attached hydrogens (primary N) is 1. The highest BCUT2D eigenvalue weighted by Crippen LogP contribution is 2.25. The molecule has 0 saturated heterocycles. The summed E-state index contributed by atoms with van der Waals surface area (Å²) in [5.41, 5.74) is 10.2. The maximum Gasteiger partial charge on any atom is 0.101 e. The molecule has 24 heavy (non-hydrogen) atoms. The van der Waals surface area contributed by atoms with Gasteiger partial charge in [0, 0.05) is 17.4 Å². The fourth-order valence-electron chi connectivity index (χ4n) is 2.52. The van der Waals surface area contributed by atoms with Crippen LogP contribution in [0, 0.1) is 0 Å². The molecule has 130 valence electrons. The first kappa shape index (κ1) is 20.6. The molecule has 1 atom stereocenters. The van der Waals surface area contributed by atoms with Gasteiger partial charge in [0.25, 0.3) is 0 Å². The van der Waals surface area contributed by atoms with E-state index in [0.29, 0.717) is 13.0 Å². The molecule has 0 aliphatic rings. The van der Waals surface area contributed by atoms with E-state index in [1.807, 2.05) is 50.3 Å². The molecule has 0 heterocycles. The SMILES string of the molecule is CC.CC(F)Cc1cccc(Cc2cccc(Br)c2/C=C\CN)c1. The van der Waals surface area contributed by atoms with Gasteiger partial charge in [0.05, 0.1) is 0 Å². The molecule has 0 fully saturated rings. The Labute approximate surface area is 153 Å². The van der Waals surface area contributed by atoms with Crippen LogP contribution in [0.5, 0.6) is 0 Å². The second-order valence-corrected chi connectivity index (χ2v) is 6.29. The molecule has 0 aliphatic heterocycles. The summed E-state index contributed by atoms with van der Waals surface area (Å²) in [5, 5.41) is 0. The molecule has 2 rings (SSSR count). The molecule has 0 aliphatic carbocycles. The maximum atomic E-state index is 13.2. The lowest BCUT2D eigenvalue weighted by Gasteiger charge is -2.10. The highest BCUT2D eigenvalue weighted by molar-refractivity contribution is 9.10. The summed E-state index contributed by atoms with van der Waals surface area (Å²) in [5.74, 6) is 0. The van der Waals surface area contributed by atoms with Crippen molar-refractivity contribution in [2.24, 2.45) is 5.73 Å². The third-order valence-electron chi connectivity index (χ3n) is 3.47. The Kier molecular flexibility index (Phi) is 9.58. The van der Waals surface area contributed by atoms with E-state index >= 15 is 0 Å². The summed E-state index contributed by atoms with van der Waals surface area (Å²) in [6.07, 6.45) is 4.46. The fourth-order valence-corrected chi connectivity index (χ4v) is 3.06. The van der Waals surface area contributed by atoms with Gasteiger partial charge in [-0.05, 0) is 41.7 Å².